The van der Waals surface area contributed by atoms with Gasteiger partial charge in [0.05, 0.1) is 22.4 Å². The van der Waals surface area contributed by atoms with Crippen LogP contribution in [-0.2, 0) is 4.74 Å². The molecule has 1 aromatic heterocycles. The second-order valence-electron chi connectivity index (χ2n) is 5.34. The van der Waals surface area contributed by atoms with Crippen molar-refractivity contribution in [3.05, 3.63) is 59.4 Å². The number of hydrogen-bond donors (Lipinski definition) is 2. The maximum absolute atomic E-state index is 12.9. The Morgan fingerprint density at radius 3 is 2.59 bits per heavy atom. The largest absolute Gasteiger partial charge is 0.462 e. The molecule has 0 spiro atoms. The van der Waals surface area contributed by atoms with E-state index in [9.17, 15) is 14.0 Å². The summed E-state index contributed by atoms with van der Waals surface area (Å²) in [6, 6.07) is 10.2. The fourth-order valence-corrected chi connectivity index (χ4v) is 3.39. The summed E-state index contributed by atoms with van der Waals surface area (Å²) in [5, 5.41) is 5.87. The third kappa shape index (κ3) is 4.63. The lowest BCUT2D eigenvalue weighted by molar-refractivity contribution is 0.0526. The number of carbonyl (C=O) groups is 2. The predicted octanol–water partition coefficient (Wildman–Crippen LogP) is 3.74. The molecule has 0 atom stereocenters. The van der Waals surface area contributed by atoms with Crippen LogP contribution in [-0.4, -0.2) is 28.6 Å². The monoisotopic (exact) mass is 403 g/mol. The van der Waals surface area contributed by atoms with E-state index < -0.39 is 17.7 Å². The Labute approximate surface area is 163 Å². The summed E-state index contributed by atoms with van der Waals surface area (Å²) in [5.41, 5.74) is 1.40. The quantitative estimate of drug-likeness (QED) is 0.510. The van der Waals surface area contributed by atoms with Crippen molar-refractivity contribution in [3.63, 3.8) is 0 Å². The van der Waals surface area contributed by atoms with Crippen LogP contribution in [0.25, 0.3) is 10.2 Å². The zero-order chi connectivity index (χ0) is 19.4. The van der Waals surface area contributed by atoms with Crippen molar-refractivity contribution >= 4 is 55.9 Å². The minimum atomic E-state index is -0.460. The van der Waals surface area contributed by atoms with E-state index in [1.165, 1.54) is 35.6 Å². The molecule has 0 aliphatic carbocycles. The van der Waals surface area contributed by atoms with Gasteiger partial charge in [-0.15, -0.1) is 0 Å². The highest BCUT2D eigenvalue weighted by atomic mass is 32.1. The molecule has 0 radical (unpaired) electrons. The summed E-state index contributed by atoms with van der Waals surface area (Å²) in [7, 11) is 0. The fraction of sp³-hybridized carbons (Fsp3) is 0.111. The summed E-state index contributed by atoms with van der Waals surface area (Å²) in [6.07, 6.45) is 0. The third-order valence-corrected chi connectivity index (χ3v) is 4.59. The molecule has 3 rings (SSSR count). The number of nitrogens with one attached hydrogen (secondary N) is 2. The first-order chi connectivity index (χ1) is 13.0. The van der Waals surface area contributed by atoms with Gasteiger partial charge in [-0.3, -0.25) is 10.1 Å². The second kappa shape index (κ2) is 8.19. The summed E-state index contributed by atoms with van der Waals surface area (Å²) < 4.78 is 18.7. The van der Waals surface area contributed by atoms with Crippen LogP contribution < -0.4 is 10.6 Å². The lowest BCUT2D eigenvalue weighted by atomic mass is 10.2. The van der Waals surface area contributed by atoms with Crippen LogP contribution in [0.2, 0.25) is 0 Å². The van der Waals surface area contributed by atoms with Crippen molar-refractivity contribution in [2.75, 3.05) is 11.9 Å². The molecule has 0 aliphatic rings. The SMILES string of the molecule is CCOC(=O)c1ccc2nc(NC(=S)NC(=O)c3ccc(F)cc3)sc2c1. The van der Waals surface area contributed by atoms with E-state index in [4.69, 9.17) is 17.0 Å². The fourth-order valence-electron chi connectivity index (χ4n) is 2.22. The van der Waals surface area contributed by atoms with Crippen molar-refractivity contribution < 1.29 is 18.7 Å². The minimum Gasteiger partial charge on any atom is -0.462 e. The molecule has 0 fully saturated rings. The van der Waals surface area contributed by atoms with Gasteiger partial charge in [0, 0.05) is 5.56 Å². The van der Waals surface area contributed by atoms with Crippen LogP contribution in [0.15, 0.2) is 42.5 Å². The Hall–Kier alpha value is -2.91. The standard InChI is InChI=1S/C18H14FN3O3S2/c1-2-25-16(24)11-5-8-13-14(9-11)27-18(20-13)22-17(26)21-15(23)10-3-6-12(19)7-4-10/h3-9H,2H2,1H3,(H2,20,21,22,23,26). The van der Waals surface area contributed by atoms with Gasteiger partial charge in [-0.25, -0.2) is 14.2 Å². The molecule has 1 amide bonds. The molecule has 3 aromatic rings. The van der Waals surface area contributed by atoms with E-state index >= 15 is 0 Å². The highest BCUT2D eigenvalue weighted by Gasteiger charge is 2.12. The second-order valence-corrected chi connectivity index (χ2v) is 6.78. The van der Waals surface area contributed by atoms with Crippen LogP contribution in [0.5, 0.6) is 0 Å². The van der Waals surface area contributed by atoms with Crippen molar-refractivity contribution in [1.29, 1.82) is 0 Å². The van der Waals surface area contributed by atoms with Crippen LogP contribution >= 0.6 is 23.6 Å². The number of thiocarbonyl (C=S) groups is 1. The summed E-state index contributed by atoms with van der Waals surface area (Å²) >= 11 is 6.40. The number of nitrogens with zero attached hydrogens (tertiary/aromatic N) is 1. The van der Waals surface area contributed by atoms with Crippen molar-refractivity contribution in [3.8, 4) is 0 Å². The number of esters is 1. The zero-order valence-corrected chi connectivity index (χ0v) is 15.7. The number of benzene rings is 2. The molecule has 0 saturated carbocycles. The highest BCUT2D eigenvalue weighted by molar-refractivity contribution is 7.80. The molecule has 9 heteroatoms. The van der Waals surface area contributed by atoms with Crippen LogP contribution in [0.3, 0.4) is 0 Å². The van der Waals surface area contributed by atoms with Gasteiger partial charge < -0.3 is 10.1 Å². The first kappa shape index (κ1) is 18.9. The lowest BCUT2D eigenvalue weighted by Gasteiger charge is -2.06. The molecule has 6 nitrogen and oxygen atoms in total. The van der Waals surface area contributed by atoms with Gasteiger partial charge >= 0.3 is 5.97 Å². The summed E-state index contributed by atoms with van der Waals surface area (Å²) in [4.78, 5) is 28.2. The number of anilines is 1. The van der Waals surface area contributed by atoms with Gasteiger partial charge in [0.2, 0.25) is 0 Å². The van der Waals surface area contributed by atoms with E-state index in [0.717, 1.165) is 4.70 Å². The van der Waals surface area contributed by atoms with E-state index in [1.807, 2.05) is 0 Å². The summed E-state index contributed by atoms with van der Waals surface area (Å²) in [6.45, 7) is 2.04. The number of halogens is 1. The highest BCUT2D eigenvalue weighted by Crippen LogP contribution is 2.27. The number of hydrogen-bond acceptors (Lipinski definition) is 6. The van der Waals surface area contributed by atoms with Crippen molar-refractivity contribution in [2.45, 2.75) is 6.92 Å². The maximum atomic E-state index is 12.9. The Morgan fingerprint density at radius 1 is 1.19 bits per heavy atom. The van der Waals surface area contributed by atoms with Crippen LogP contribution in [0.4, 0.5) is 9.52 Å². The molecule has 0 aliphatic heterocycles. The average Bonchev–Trinajstić information content (AvgIpc) is 3.03. The first-order valence-electron chi connectivity index (χ1n) is 7.92. The topological polar surface area (TPSA) is 80.3 Å². The molecule has 0 bridgehead atoms. The normalized spacial score (nSPS) is 10.4. The van der Waals surface area contributed by atoms with Crippen LogP contribution in [0.1, 0.15) is 27.6 Å². The lowest BCUT2D eigenvalue weighted by Crippen LogP contribution is -2.34. The average molecular weight is 403 g/mol. The molecule has 2 N–H and O–H groups in total. The number of thiazole rings is 1. The Morgan fingerprint density at radius 2 is 1.89 bits per heavy atom. The molecule has 0 unspecified atom stereocenters. The number of aromatic nitrogens is 1. The Balaban J connectivity index is 1.68. The maximum Gasteiger partial charge on any atom is 0.338 e. The van der Waals surface area contributed by atoms with Gasteiger partial charge in [0.25, 0.3) is 5.91 Å². The number of amides is 1. The molecular weight excluding hydrogens is 389 g/mol. The smallest absolute Gasteiger partial charge is 0.338 e. The molecule has 27 heavy (non-hydrogen) atoms. The number of rotatable bonds is 4. The van der Waals surface area contributed by atoms with Gasteiger partial charge in [0.15, 0.2) is 10.2 Å². The summed E-state index contributed by atoms with van der Waals surface area (Å²) in [5.74, 6) is -1.29. The first-order valence-corrected chi connectivity index (χ1v) is 9.14. The van der Waals surface area contributed by atoms with Crippen LogP contribution in [0, 0.1) is 5.82 Å². The van der Waals surface area contributed by atoms with E-state index in [2.05, 4.69) is 15.6 Å². The predicted molar refractivity (Wildman–Crippen MR) is 106 cm³/mol. The zero-order valence-electron chi connectivity index (χ0n) is 14.1. The number of fused-ring (bicyclic) bond motifs is 1. The minimum absolute atomic E-state index is 0.0639. The Bertz CT molecular complexity index is 1020. The Kier molecular flexibility index (Phi) is 5.72. The number of carbonyl (C=O) groups excluding carboxylic acids is 2. The van der Waals surface area contributed by atoms with Gasteiger partial charge in [-0.2, -0.15) is 0 Å². The molecule has 0 saturated heterocycles. The van der Waals surface area contributed by atoms with Crippen molar-refractivity contribution in [1.82, 2.24) is 10.3 Å². The molecule has 138 valence electrons. The van der Waals surface area contributed by atoms with Gasteiger partial charge in [-0.1, -0.05) is 11.3 Å². The third-order valence-electron chi connectivity index (χ3n) is 3.45. The number of ether oxygens (including phenoxy) is 1. The van der Waals surface area contributed by atoms with E-state index in [1.54, 1.807) is 25.1 Å². The van der Waals surface area contributed by atoms with Crippen molar-refractivity contribution in [2.24, 2.45) is 0 Å². The molecule has 2 aromatic carbocycles. The van der Waals surface area contributed by atoms with E-state index in [0.29, 0.717) is 22.8 Å². The molecular formula is C18H14FN3O3S2. The van der Waals surface area contributed by atoms with Gasteiger partial charge in [0.1, 0.15) is 5.82 Å². The van der Waals surface area contributed by atoms with E-state index in [-0.39, 0.29) is 10.7 Å². The molecule has 1 heterocycles. The van der Waals surface area contributed by atoms with Gasteiger partial charge in [-0.05, 0) is 61.6 Å².